The third-order valence-corrected chi connectivity index (χ3v) is 4.31. The third kappa shape index (κ3) is 5.60. The predicted molar refractivity (Wildman–Crippen MR) is 100 cm³/mol. The van der Waals surface area contributed by atoms with Gasteiger partial charge in [0.2, 0.25) is 0 Å². The second-order valence-corrected chi connectivity index (χ2v) is 6.25. The second-order valence-electron chi connectivity index (χ2n) is 6.25. The average molecular weight is 371 g/mol. The number of nitrogens with one attached hydrogen (secondary N) is 2. The van der Waals surface area contributed by atoms with E-state index in [0.717, 1.165) is 32.8 Å². The minimum Gasteiger partial charge on any atom is -0.379 e. The topological polar surface area (TPSA) is 70.7 Å². The molecule has 1 aliphatic heterocycles. The first kappa shape index (κ1) is 19.0. The summed E-state index contributed by atoms with van der Waals surface area (Å²) in [4.78, 5) is 26.8. The highest BCUT2D eigenvalue weighted by Gasteiger charge is 2.12. The second kappa shape index (κ2) is 9.25. The van der Waals surface area contributed by atoms with E-state index in [1.165, 1.54) is 24.3 Å². The highest BCUT2D eigenvalue weighted by molar-refractivity contribution is 6.05. The van der Waals surface area contributed by atoms with Gasteiger partial charge in [0, 0.05) is 43.0 Å². The van der Waals surface area contributed by atoms with E-state index in [-0.39, 0.29) is 11.8 Å². The number of hydrogen-bond acceptors (Lipinski definition) is 4. The molecular weight excluding hydrogens is 349 g/mol. The van der Waals surface area contributed by atoms with Gasteiger partial charge in [-0.15, -0.1) is 0 Å². The fourth-order valence-electron chi connectivity index (χ4n) is 2.80. The van der Waals surface area contributed by atoms with E-state index in [2.05, 4.69) is 15.5 Å². The van der Waals surface area contributed by atoms with Crippen molar-refractivity contribution in [3.8, 4) is 0 Å². The number of nitrogens with zero attached hydrogens (tertiary/aromatic N) is 1. The Kier molecular flexibility index (Phi) is 6.51. The summed E-state index contributed by atoms with van der Waals surface area (Å²) in [6, 6.07) is 12.0. The summed E-state index contributed by atoms with van der Waals surface area (Å²) in [6.45, 7) is 4.52. The highest BCUT2D eigenvalue weighted by atomic mass is 19.1. The van der Waals surface area contributed by atoms with Crippen LogP contribution in [0.5, 0.6) is 0 Å². The molecule has 142 valence electrons. The largest absolute Gasteiger partial charge is 0.379 e. The van der Waals surface area contributed by atoms with Crippen molar-refractivity contribution in [3.63, 3.8) is 0 Å². The lowest BCUT2D eigenvalue weighted by Crippen LogP contribution is -2.41. The zero-order chi connectivity index (χ0) is 19.1. The van der Waals surface area contributed by atoms with Crippen LogP contribution in [0.3, 0.4) is 0 Å². The van der Waals surface area contributed by atoms with Gasteiger partial charge in [-0.3, -0.25) is 14.5 Å². The first-order chi connectivity index (χ1) is 13.1. The molecule has 27 heavy (non-hydrogen) atoms. The van der Waals surface area contributed by atoms with Gasteiger partial charge in [0.25, 0.3) is 11.8 Å². The molecule has 0 bridgehead atoms. The minimum absolute atomic E-state index is 0.193. The molecule has 1 fully saturated rings. The van der Waals surface area contributed by atoms with Gasteiger partial charge in [-0.25, -0.2) is 4.39 Å². The number of morpholine rings is 1. The molecule has 2 aromatic rings. The van der Waals surface area contributed by atoms with E-state index in [4.69, 9.17) is 4.74 Å². The van der Waals surface area contributed by atoms with Crippen molar-refractivity contribution in [1.29, 1.82) is 0 Å². The van der Waals surface area contributed by atoms with Crippen molar-refractivity contribution in [2.24, 2.45) is 0 Å². The molecule has 2 aromatic carbocycles. The summed E-state index contributed by atoms with van der Waals surface area (Å²) < 4.78 is 18.3. The highest BCUT2D eigenvalue weighted by Crippen LogP contribution is 2.13. The molecule has 1 aliphatic rings. The van der Waals surface area contributed by atoms with Crippen molar-refractivity contribution in [2.45, 2.75) is 0 Å². The Balaban J connectivity index is 1.53. The van der Waals surface area contributed by atoms with Gasteiger partial charge in [0.15, 0.2) is 0 Å². The number of hydrogen-bond donors (Lipinski definition) is 2. The molecule has 0 aromatic heterocycles. The first-order valence-corrected chi connectivity index (χ1v) is 8.87. The maximum atomic E-state index is 13.0. The summed E-state index contributed by atoms with van der Waals surface area (Å²) in [5.41, 5.74) is 1.32. The molecule has 0 saturated carbocycles. The van der Waals surface area contributed by atoms with Gasteiger partial charge in [0.05, 0.1) is 13.2 Å². The molecule has 1 saturated heterocycles. The summed E-state index contributed by atoms with van der Waals surface area (Å²) in [7, 11) is 0. The summed E-state index contributed by atoms with van der Waals surface area (Å²) in [5.74, 6) is -0.955. The molecule has 2 N–H and O–H groups in total. The normalized spacial score (nSPS) is 14.6. The molecule has 2 amide bonds. The molecule has 1 heterocycles. The maximum absolute atomic E-state index is 13.0. The Labute approximate surface area is 157 Å². The van der Waals surface area contributed by atoms with Crippen molar-refractivity contribution >= 4 is 17.5 Å². The number of ether oxygens (including phenoxy) is 1. The Morgan fingerprint density at radius 1 is 1.00 bits per heavy atom. The van der Waals surface area contributed by atoms with Crippen molar-refractivity contribution in [3.05, 3.63) is 65.5 Å². The van der Waals surface area contributed by atoms with Crippen molar-refractivity contribution in [1.82, 2.24) is 10.2 Å². The summed E-state index contributed by atoms with van der Waals surface area (Å²) >= 11 is 0. The number of rotatable bonds is 6. The maximum Gasteiger partial charge on any atom is 0.255 e. The van der Waals surface area contributed by atoms with Gasteiger partial charge in [-0.2, -0.15) is 0 Å². The van der Waals surface area contributed by atoms with E-state index < -0.39 is 5.82 Å². The van der Waals surface area contributed by atoms with Gasteiger partial charge >= 0.3 is 0 Å². The molecule has 0 aliphatic carbocycles. The van der Waals surface area contributed by atoms with Gasteiger partial charge in [-0.05, 0) is 42.5 Å². The summed E-state index contributed by atoms with van der Waals surface area (Å²) in [6.07, 6.45) is 0. The fraction of sp³-hybridized carbons (Fsp3) is 0.300. The fourth-order valence-corrected chi connectivity index (χ4v) is 2.80. The van der Waals surface area contributed by atoms with Crippen LogP contribution >= 0.6 is 0 Å². The number of anilines is 1. The lowest BCUT2D eigenvalue weighted by molar-refractivity contribution is 0.0383. The van der Waals surface area contributed by atoms with Crippen molar-refractivity contribution in [2.75, 3.05) is 44.7 Å². The van der Waals surface area contributed by atoms with Gasteiger partial charge in [-0.1, -0.05) is 6.07 Å². The van der Waals surface area contributed by atoms with Crippen LogP contribution in [-0.4, -0.2) is 56.1 Å². The predicted octanol–water partition coefficient (Wildman–Crippen LogP) is 2.14. The van der Waals surface area contributed by atoms with Gasteiger partial charge in [0.1, 0.15) is 5.82 Å². The standard InChI is InChI=1S/C20H22FN3O3/c21-17-6-4-15(5-7-17)20(26)23-18-3-1-2-16(14-18)19(25)22-8-9-24-10-12-27-13-11-24/h1-7,14H,8-13H2,(H,22,25)(H,23,26). The lowest BCUT2D eigenvalue weighted by atomic mass is 10.1. The Morgan fingerprint density at radius 2 is 1.74 bits per heavy atom. The van der Waals surface area contributed by atoms with Crippen molar-refractivity contribution < 1.29 is 18.7 Å². The van der Waals surface area contributed by atoms with E-state index in [1.807, 2.05) is 0 Å². The number of halogens is 1. The lowest BCUT2D eigenvalue weighted by Gasteiger charge is -2.26. The van der Waals surface area contributed by atoms with Crippen LogP contribution in [0, 0.1) is 5.82 Å². The monoisotopic (exact) mass is 371 g/mol. The zero-order valence-electron chi connectivity index (χ0n) is 14.9. The van der Waals surface area contributed by atoms with Gasteiger partial charge < -0.3 is 15.4 Å². The van der Waals surface area contributed by atoms with Crippen LogP contribution in [0.2, 0.25) is 0 Å². The average Bonchev–Trinajstić information content (AvgIpc) is 2.69. The third-order valence-electron chi connectivity index (χ3n) is 4.31. The number of benzene rings is 2. The smallest absolute Gasteiger partial charge is 0.255 e. The molecule has 3 rings (SSSR count). The molecule has 7 heteroatoms. The summed E-state index contributed by atoms with van der Waals surface area (Å²) in [5, 5.41) is 5.61. The number of carbonyl (C=O) groups is 2. The number of amides is 2. The minimum atomic E-state index is -0.401. The Hall–Kier alpha value is -2.77. The zero-order valence-corrected chi connectivity index (χ0v) is 14.9. The molecule has 6 nitrogen and oxygen atoms in total. The van der Waals surface area contributed by atoms with E-state index in [1.54, 1.807) is 24.3 Å². The Bertz CT molecular complexity index is 789. The molecule has 0 spiro atoms. The molecule has 0 unspecified atom stereocenters. The van der Waals surface area contributed by atoms with Crippen LogP contribution in [0.25, 0.3) is 0 Å². The van der Waals surface area contributed by atoms with Crippen LogP contribution in [0.15, 0.2) is 48.5 Å². The molecule has 0 atom stereocenters. The van der Waals surface area contributed by atoms with E-state index in [0.29, 0.717) is 23.4 Å². The first-order valence-electron chi connectivity index (χ1n) is 8.87. The SMILES string of the molecule is O=C(NCCN1CCOCC1)c1cccc(NC(=O)c2ccc(F)cc2)c1. The number of carbonyl (C=O) groups excluding carboxylic acids is 2. The quantitative estimate of drug-likeness (QED) is 0.816. The van der Waals surface area contributed by atoms with Crippen LogP contribution in [-0.2, 0) is 4.74 Å². The Morgan fingerprint density at radius 3 is 2.48 bits per heavy atom. The van der Waals surface area contributed by atoms with Crippen LogP contribution < -0.4 is 10.6 Å². The molecule has 0 radical (unpaired) electrons. The molecular formula is C20H22FN3O3. The van der Waals surface area contributed by atoms with E-state index in [9.17, 15) is 14.0 Å². The van der Waals surface area contributed by atoms with E-state index >= 15 is 0 Å². The van der Waals surface area contributed by atoms with Crippen LogP contribution in [0.4, 0.5) is 10.1 Å². The van der Waals surface area contributed by atoms with Crippen LogP contribution in [0.1, 0.15) is 20.7 Å².